The van der Waals surface area contributed by atoms with E-state index < -0.39 is 0 Å². The summed E-state index contributed by atoms with van der Waals surface area (Å²) >= 11 is 0. The highest BCUT2D eigenvalue weighted by atomic mass is 16.5. The van der Waals surface area contributed by atoms with E-state index in [9.17, 15) is 0 Å². The van der Waals surface area contributed by atoms with Crippen LogP contribution in [0.2, 0.25) is 0 Å². The molecule has 0 radical (unpaired) electrons. The van der Waals surface area contributed by atoms with Gasteiger partial charge >= 0.3 is 0 Å². The smallest absolute Gasteiger partial charge is 0.119 e. The normalized spacial score (nSPS) is 31.1. The van der Waals surface area contributed by atoms with E-state index in [4.69, 9.17) is 10.5 Å². The molecule has 19 heavy (non-hydrogen) atoms. The van der Waals surface area contributed by atoms with Crippen LogP contribution in [-0.4, -0.2) is 36.2 Å². The molecule has 2 aliphatic heterocycles. The molecule has 0 spiro atoms. The predicted octanol–water partition coefficient (Wildman–Crippen LogP) is 2.41. The summed E-state index contributed by atoms with van der Waals surface area (Å²) in [7, 11) is 0. The van der Waals surface area contributed by atoms with Gasteiger partial charge in [0.05, 0.1) is 0 Å². The van der Waals surface area contributed by atoms with E-state index >= 15 is 0 Å². The number of para-hydroxylation sites is 1. The van der Waals surface area contributed by atoms with Crippen LogP contribution >= 0.6 is 0 Å². The van der Waals surface area contributed by atoms with Gasteiger partial charge in [0.25, 0.3) is 0 Å². The van der Waals surface area contributed by atoms with Gasteiger partial charge in [0.15, 0.2) is 0 Å². The number of rotatable bonds is 4. The van der Waals surface area contributed by atoms with E-state index in [0.29, 0.717) is 18.1 Å². The zero-order valence-corrected chi connectivity index (χ0v) is 11.5. The molecule has 2 saturated heterocycles. The maximum absolute atomic E-state index is 6.15. The Hall–Kier alpha value is -1.06. The lowest BCUT2D eigenvalue weighted by Crippen LogP contribution is -2.56. The number of ether oxygens (including phenoxy) is 1. The van der Waals surface area contributed by atoms with Crippen molar-refractivity contribution in [3.63, 3.8) is 0 Å². The highest BCUT2D eigenvalue weighted by Gasteiger charge is 2.36. The van der Waals surface area contributed by atoms with Crippen LogP contribution in [0, 0.1) is 0 Å². The molecule has 0 aliphatic carbocycles. The summed E-state index contributed by atoms with van der Waals surface area (Å²) in [6.45, 7) is 1.82. The van der Waals surface area contributed by atoms with Gasteiger partial charge in [-0.1, -0.05) is 24.6 Å². The number of hydrogen-bond donors (Lipinski definition) is 1. The molecular formula is C16H24N2O. The molecule has 0 saturated carbocycles. The first-order valence-corrected chi connectivity index (χ1v) is 7.52. The molecular weight excluding hydrogens is 236 g/mol. The van der Waals surface area contributed by atoms with E-state index in [1.54, 1.807) is 0 Å². The minimum absolute atomic E-state index is 0.418. The Kier molecular flexibility index (Phi) is 4.04. The van der Waals surface area contributed by atoms with Gasteiger partial charge in [0, 0.05) is 24.7 Å². The van der Waals surface area contributed by atoms with Crippen molar-refractivity contribution in [3.8, 4) is 5.75 Å². The summed E-state index contributed by atoms with van der Waals surface area (Å²) in [5.74, 6) is 0.973. The molecule has 3 heteroatoms. The SMILES string of the molecule is NC1CC2CCCC(C1)N2CCOc1ccccc1. The summed E-state index contributed by atoms with van der Waals surface area (Å²) in [4.78, 5) is 2.65. The van der Waals surface area contributed by atoms with Crippen molar-refractivity contribution in [3.05, 3.63) is 30.3 Å². The van der Waals surface area contributed by atoms with Crippen molar-refractivity contribution in [1.29, 1.82) is 0 Å². The van der Waals surface area contributed by atoms with Gasteiger partial charge in [-0.15, -0.1) is 0 Å². The van der Waals surface area contributed by atoms with Crippen LogP contribution in [0.1, 0.15) is 32.1 Å². The maximum Gasteiger partial charge on any atom is 0.119 e. The maximum atomic E-state index is 6.15. The summed E-state index contributed by atoms with van der Waals surface area (Å²) in [6, 6.07) is 11.9. The molecule has 2 bridgehead atoms. The Balaban J connectivity index is 1.52. The molecule has 2 aliphatic rings. The molecule has 2 N–H and O–H groups in total. The van der Waals surface area contributed by atoms with Gasteiger partial charge < -0.3 is 10.5 Å². The third-order valence-electron chi connectivity index (χ3n) is 4.52. The van der Waals surface area contributed by atoms with E-state index in [1.807, 2.05) is 30.3 Å². The highest BCUT2D eigenvalue weighted by molar-refractivity contribution is 5.20. The number of piperidine rings is 2. The second-order valence-corrected chi connectivity index (χ2v) is 5.87. The molecule has 3 nitrogen and oxygen atoms in total. The molecule has 2 atom stereocenters. The molecule has 2 fully saturated rings. The van der Waals surface area contributed by atoms with E-state index in [2.05, 4.69) is 4.90 Å². The minimum Gasteiger partial charge on any atom is -0.492 e. The predicted molar refractivity (Wildman–Crippen MR) is 77.3 cm³/mol. The fourth-order valence-electron chi connectivity index (χ4n) is 3.67. The van der Waals surface area contributed by atoms with Crippen LogP contribution in [0.5, 0.6) is 5.75 Å². The lowest BCUT2D eigenvalue weighted by Gasteiger charge is -2.48. The second-order valence-electron chi connectivity index (χ2n) is 5.87. The Labute approximate surface area is 115 Å². The third-order valence-corrected chi connectivity index (χ3v) is 4.52. The molecule has 3 rings (SSSR count). The van der Waals surface area contributed by atoms with Gasteiger partial charge in [0.2, 0.25) is 0 Å². The molecule has 2 unspecified atom stereocenters. The number of hydrogen-bond acceptors (Lipinski definition) is 3. The summed E-state index contributed by atoms with van der Waals surface area (Å²) in [5.41, 5.74) is 6.15. The summed E-state index contributed by atoms with van der Waals surface area (Å²) in [6.07, 6.45) is 6.34. The average molecular weight is 260 g/mol. The van der Waals surface area contributed by atoms with Crippen LogP contribution in [0.25, 0.3) is 0 Å². The van der Waals surface area contributed by atoms with Gasteiger partial charge in [-0.05, 0) is 37.8 Å². The average Bonchev–Trinajstić information content (AvgIpc) is 2.40. The van der Waals surface area contributed by atoms with Crippen LogP contribution in [0.4, 0.5) is 0 Å². The topological polar surface area (TPSA) is 38.5 Å². The third kappa shape index (κ3) is 3.10. The van der Waals surface area contributed by atoms with Crippen molar-refractivity contribution < 1.29 is 4.74 Å². The van der Waals surface area contributed by atoms with Gasteiger partial charge in [0.1, 0.15) is 12.4 Å². The lowest BCUT2D eigenvalue weighted by molar-refractivity contribution is 0.0215. The monoisotopic (exact) mass is 260 g/mol. The highest BCUT2D eigenvalue weighted by Crippen LogP contribution is 2.33. The van der Waals surface area contributed by atoms with E-state index in [1.165, 1.54) is 32.1 Å². The van der Waals surface area contributed by atoms with E-state index in [0.717, 1.165) is 18.9 Å². The number of nitrogens with two attached hydrogens (primary N) is 1. The van der Waals surface area contributed by atoms with Crippen molar-refractivity contribution in [2.75, 3.05) is 13.2 Å². The Morgan fingerprint density at radius 1 is 1.11 bits per heavy atom. The van der Waals surface area contributed by atoms with Crippen molar-refractivity contribution >= 4 is 0 Å². The fraction of sp³-hybridized carbons (Fsp3) is 0.625. The Morgan fingerprint density at radius 3 is 2.47 bits per heavy atom. The lowest BCUT2D eigenvalue weighted by atomic mass is 9.82. The molecule has 104 valence electrons. The molecule has 0 amide bonds. The number of nitrogens with zero attached hydrogens (tertiary/aromatic N) is 1. The fourth-order valence-corrected chi connectivity index (χ4v) is 3.67. The van der Waals surface area contributed by atoms with Gasteiger partial charge in [-0.25, -0.2) is 0 Å². The number of fused-ring (bicyclic) bond motifs is 2. The molecule has 1 aromatic rings. The van der Waals surface area contributed by atoms with Crippen LogP contribution in [0.3, 0.4) is 0 Å². The first-order chi connectivity index (χ1) is 9.33. The first-order valence-electron chi connectivity index (χ1n) is 7.52. The summed E-state index contributed by atoms with van der Waals surface area (Å²) < 4.78 is 5.83. The quantitative estimate of drug-likeness (QED) is 0.903. The van der Waals surface area contributed by atoms with Crippen LogP contribution in [0.15, 0.2) is 30.3 Å². The number of benzene rings is 1. The van der Waals surface area contributed by atoms with E-state index in [-0.39, 0.29) is 0 Å². The first kappa shape index (κ1) is 12.9. The standard InChI is InChI=1S/C16H24N2O/c17-13-11-14-5-4-6-15(12-13)18(14)9-10-19-16-7-2-1-3-8-16/h1-3,7-8,13-15H,4-6,9-12,17H2. The second kappa shape index (κ2) is 5.93. The van der Waals surface area contributed by atoms with Crippen LogP contribution < -0.4 is 10.5 Å². The molecule has 0 aromatic heterocycles. The van der Waals surface area contributed by atoms with Crippen LogP contribution in [-0.2, 0) is 0 Å². The van der Waals surface area contributed by atoms with Crippen molar-refractivity contribution in [2.45, 2.75) is 50.2 Å². The van der Waals surface area contributed by atoms with Gasteiger partial charge in [-0.3, -0.25) is 4.90 Å². The summed E-state index contributed by atoms with van der Waals surface area (Å²) in [5, 5.41) is 0. The minimum atomic E-state index is 0.418. The van der Waals surface area contributed by atoms with Crippen molar-refractivity contribution in [2.24, 2.45) is 5.73 Å². The zero-order chi connectivity index (χ0) is 13.1. The largest absolute Gasteiger partial charge is 0.492 e. The van der Waals surface area contributed by atoms with Crippen molar-refractivity contribution in [1.82, 2.24) is 4.90 Å². The molecule has 2 heterocycles. The van der Waals surface area contributed by atoms with Gasteiger partial charge in [-0.2, -0.15) is 0 Å². The zero-order valence-electron chi connectivity index (χ0n) is 11.5. The Bertz CT molecular complexity index is 381. The molecule has 1 aromatic carbocycles. The Morgan fingerprint density at radius 2 is 1.79 bits per heavy atom.